The number of aromatic nitrogens is 1. The Morgan fingerprint density at radius 2 is 1.96 bits per heavy atom. The fraction of sp³-hybridized carbons (Fsp3) is 0.200. The Hall–Kier alpha value is -2.28. The van der Waals surface area contributed by atoms with Crippen molar-refractivity contribution in [2.75, 3.05) is 11.9 Å². The van der Waals surface area contributed by atoms with E-state index in [2.05, 4.69) is 12.0 Å². The minimum atomic E-state index is -0.231. The zero-order valence-electron chi connectivity index (χ0n) is 15.1. The van der Waals surface area contributed by atoms with E-state index in [1.807, 2.05) is 17.5 Å². The van der Waals surface area contributed by atoms with Crippen molar-refractivity contribution in [3.8, 4) is 0 Å². The zero-order valence-corrected chi connectivity index (χ0v) is 16.6. The molecule has 1 heterocycles. The molecule has 3 aromatic rings. The molecule has 0 aliphatic carbocycles. The predicted octanol–water partition coefficient (Wildman–Crippen LogP) is 3.84. The Balaban J connectivity index is 1.72. The number of carbonyl (C=O) groups excluding carboxylic acids is 1. The number of hydrogen-bond acceptors (Lipinski definition) is 3. The summed E-state index contributed by atoms with van der Waals surface area (Å²) in [6, 6.07) is 13.7. The monoisotopic (exact) mass is 404 g/mol. The van der Waals surface area contributed by atoms with Gasteiger partial charge in [0.1, 0.15) is 24.6 Å². The third-order valence-corrected chi connectivity index (χ3v) is 5.12. The SMILES string of the molecule is CC(=O)N(c1cccc(Cl)c1)c1nc(C[NH+](C)Cc2ccc(F)cc2)cs1. The van der Waals surface area contributed by atoms with Crippen molar-refractivity contribution in [1.29, 1.82) is 0 Å². The fourth-order valence-corrected chi connectivity index (χ4v) is 3.92. The predicted molar refractivity (Wildman–Crippen MR) is 107 cm³/mol. The molecule has 7 heteroatoms. The summed E-state index contributed by atoms with van der Waals surface area (Å²) in [5, 5.41) is 3.15. The lowest BCUT2D eigenvalue weighted by atomic mass is 10.2. The first kappa shape index (κ1) is 19.5. The number of thiazole rings is 1. The molecule has 1 unspecified atom stereocenters. The third-order valence-electron chi connectivity index (χ3n) is 4.01. The zero-order chi connectivity index (χ0) is 19.4. The van der Waals surface area contributed by atoms with Gasteiger partial charge in [-0.25, -0.2) is 9.37 Å². The molecule has 0 bridgehead atoms. The van der Waals surface area contributed by atoms with Gasteiger partial charge in [-0.2, -0.15) is 0 Å². The van der Waals surface area contributed by atoms with E-state index in [4.69, 9.17) is 11.6 Å². The average molecular weight is 405 g/mol. The number of rotatable bonds is 6. The smallest absolute Gasteiger partial charge is 0.230 e. The molecular weight excluding hydrogens is 385 g/mol. The Labute approximate surface area is 166 Å². The number of nitrogens with one attached hydrogen (secondary N) is 1. The maximum Gasteiger partial charge on any atom is 0.230 e. The van der Waals surface area contributed by atoms with Crippen LogP contribution in [0.25, 0.3) is 0 Å². The quantitative estimate of drug-likeness (QED) is 0.678. The van der Waals surface area contributed by atoms with Crippen LogP contribution in [0, 0.1) is 5.82 Å². The van der Waals surface area contributed by atoms with Crippen LogP contribution in [0.3, 0.4) is 0 Å². The lowest BCUT2D eigenvalue weighted by molar-refractivity contribution is -0.908. The highest BCUT2D eigenvalue weighted by Gasteiger charge is 2.19. The fourth-order valence-electron chi connectivity index (χ4n) is 2.84. The molecule has 0 radical (unpaired) electrons. The van der Waals surface area contributed by atoms with E-state index in [0.29, 0.717) is 22.4 Å². The summed E-state index contributed by atoms with van der Waals surface area (Å²) in [4.78, 5) is 19.6. The second-order valence-electron chi connectivity index (χ2n) is 6.39. The molecule has 2 aromatic carbocycles. The number of hydrogen-bond donors (Lipinski definition) is 1. The lowest BCUT2D eigenvalue weighted by Crippen LogP contribution is -3.06. The van der Waals surface area contributed by atoms with Gasteiger partial charge in [0.15, 0.2) is 5.13 Å². The molecule has 0 fully saturated rings. The summed E-state index contributed by atoms with van der Waals surface area (Å²) >= 11 is 7.49. The summed E-state index contributed by atoms with van der Waals surface area (Å²) in [5.41, 5.74) is 2.67. The van der Waals surface area contributed by atoms with Crippen LogP contribution in [0.4, 0.5) is 15.2 Å². The van der Waals surface area contributed by atoms with E-state index in [-0.39, 0.29) is 11.7 Å². The van der Waals surface area contributed by atoms with Crippen molar-refractivity contribution in [2.45, 2.75) is 20.0 Å². The molecule has 140 valence electrons. The summed E-state index contributed by atoms with van der Waals surface area (Å²) in [6.07, 6.45) is 0. The number of anilines is 2. The van der Waals surface area contributed by atoms with Crippen molar-refractivity contribution in [3.05, 3.63) is 76.0 Å². The van der Waals surface area contributed by atoms with Gasteiger partial charge in [0.2, 0.25) is 5.91 Å². The number of quaternary nitrogens is 1. The summed E-state index contributed by atoms with van der Waals surface area (Å²) < 4.78 is 13.0. The summed E-state index contributed by atoms with van der Waals surface area (Å²) in [5.74, 6) is -0.351. The van der Waals surface area contributed by atoms with E-state index in [1.165, 1.54) is 35.3 Å². The van der Waals surface area contributed by atoms with Crippen molar-refractivity contribution in [3.63, 3.8) is 0 Å². The van der Waals surface area contributed by atoms with Crippen LogP contribution in [-0.4, -0.2) is 17.9 Å². The van der Waals surface area contributed by atoms with Gasteiger partial charge in [0.05, 0.1) is 12.7 Å². The second-order valence-corrected chi connectivity index (χ2v) is 7.67. The largest absolute Gasteiger partial charge is 0.329 e. The molecular formula is C20H20ClFN3OS+. The topological polar surface area (TPSA) is 37.6 Å². The first-order chi connectivity index (χ1) is 12.9. The maximum absolute atomic E-state index is 13.0. The number of benzene rings is 2. The Morgan fingerprint density at radius 3 is 2.63 bits per heavy atom. The summed E-state index contributed by atoms with van der Waals surface area (Å²) in [7, 11) is 2.06. The van der Waals surface area contributed by atoms with Crippen LogP contribution in [-0.2, 0) is 17.9 Å². The van der Waals surface area contributed by atoms with Crippen molar-refractivity contribution < 1.29 is 14.1 Å². The lowest BCUT2D eigenvalue weighted by Gasteiger charge is -2.18. The normalized spacial score (nSPS) is 12.0. The van der Waals surface area contributed by atoms with Gasteiger partial charge in [0.25, 0.3) is 0 Å². The number of amides is 1. The molecule has 1 atom stereocenters. The van der Waals surface area contributed by atoms with E-state index >= 15 is 0 Å². The van der Waals surface area contributed by atoms with E-state index in [9.17, 15) is 9.18 Å². The van der Waals surface area contributed by atoms with Crippen LogP contribution in [0.5, 0.6) is 0 Å². The second kappa shape index (κ2) is 8.61. The maximum atomic E-state index is 13.0. The molecule has 1 N–H and O–H groups in total. The van der Waals surface area contributed by atoms with Crippen LogP contribution in [0.2, 0.25) is 5.02 Å². The molecule has 1 amide bonds. The third kappa shape index (κ3) is 5.13. The van der Waals surface area contributed by atoms with Gasteiger partial charge < -0.3 is 4.90 Å². The van der Waals surface area contributed by atoms with E-state index in [1.54, 1.807) is 29.2 Å². The molecule has 0 saturated heterocycles. The van der Waals surface area contributed by atoms with Gasteiger partial charge in [-0.1, -0.05) is 29.8 Å². The Morgan fingerprint density at radius 1 is 1.22 bits per heavy atom. The highest BCUT2D eigenvalue weighted by molar-refractivity contribution is 7.14. The van der Waals surface area contributed by atoms with Gasteiger partial charge >= 0.3 is 0 Å². The average Bonchev–Trinajstić information content (AvgIpc) is 3.04. The van der Waals surface area contributed by atoms with E-state index in [0.717, 1.165) is 17.8 Å². The first-order valence-electron chi connectivity index (χ1n) is 8.49. The number of halogens is 2. The molecule has 0 aliphatic rings. The summed E-state index contributed by atoms with van der Waals surface area (Å²) in [6.45, 7) is 2.97. The first-order valence-corrected chi connectivity index (χ1v) is 9.74. The van der Waals surface area contributed by atoms with Crippen molar-refractivity contribution in [1.82, 2.24) is 4.98 Å². The van der Waals surface area contributed by atoms with E-state index < -0.39 is 0 Å². The molecule has 0 aliphatic heterocycles. The van der Waals surface area contributed by atoms with Gasteiger partial charge in [-0.15, -0.1) is 11.3 Å². The molecule has 1 aromatic heterocycles. The molecule has 27 heavy (non-hydrogen) atoms. The number of carbonyl (C=O) groups is 1. The van der Waals surface area contributed by atoms with Crippen molar-refractivity contribution >= 4 is 39.7 Å². The molecule has 4 nitrogen and oxygen atoms in total. The molecule has 3 rings (SSSR count). The minimum Gasteiger partial charge on any atom is -0.329 e. The standard InChI is InChI=1S/C20H19ClFN3OS/c1-14(26)25(19-5-3-4-16(21)10-19)20-23-18(13-27-20)12-24(2)11-15-6-8-17(22)9-7-15/h3-10,13H,11-12H2,1-2H3/p+1. The number of nitrogens with zero attached hydrogens (tertiary/aromatic N) is 2. The van der Waals surface area contributed by atoms with Crippen LogP contribution < -0.4 is 9.80 Å². The highest BCUT2D eigenvalue weighted by atomic mass is 35.5. The van der Waals surface area contributed by atoms with Crippen LogP contribution >= 0.6 is 22.9 Å². The molecule has 0 saturated carbocycles. The van der Waals surface area contributed by atoms with Gasteiger partial charge in [0, 0.05) is 22.9 Å². The minimum absolute atomic E-state index is 0.120. The Bertz CT molecular complexity index is 929. The highest BCUT2D eigenvalue weighted by Crippen LogP contribution is 2.30. The molecule has 0 spiro atoms. The van der Waals surface area contributed by atoms with Crippen LogP contribution in [0.15, 0.2) is 53.9 Å². The van der Waals surface area contributed by atoms with Crippen LogP contribution in [0.1, 0.15) is 18.2 Å². The van der Waals surface area contributed by atoms with Gasteiger partial charge in [-0.3, -0.25) is 9.69 Å². The Kier molecular flexibility index (Phi) is 6.21. The van der Waals surface area contributed by atoms with Crippen molar-refractivity contribution in [2.24, 2.45) is 0 Å². The van der Waals surface area contributed by atoms with Gasteiger partial charge in [-0.05, 0) is 30.3 Å².